The van der Waals surface area contributed by atoms with Crippen LogP contribution in [0.2, 0.25) is 0 Å². The Morgan fingerprint density at radius 1 is 1.07 bits per heavy atom. The lowest BCUT2D eigenvalue weighted by molar-refractivity contribution is 1.20. The number of nitrogens with one attached hydrogen (secondary N) is 1. The van der Waals surface area contributed by atoms with Gasteiger partial charge in [0.25, 0.3) is 0 Å². The van der Waals surface area contributed by atoms with E-state index in [2.05, 4.69) is 10.3 Å². The maximum absolute atomic E-state index is 5.84. The van der Waals surface area contributed by atoms with Gasteiger partial charge in [0.1, 0.15) is 0 Å². The van der Waals surface area contributed by atoms with Crippen molar-refractivity contribution in [3.05, 3.63) is 48.3 Å². The van der Waals surface area contributed by atoms with Gasteiger partial charge in [-0.15, -0.1) is 0 Å². The van der Waals surface area contributed by atoms with Gasteiger partial charge >= 0.3 is 0 Å². The fraction of sp³-hybridized carbons (Fsp3) is 0.0833. The number of para-hydroxylation sites is 2. The highest BCUT2D eigenvalue weighted by atomic mass is 14.9. The van der Waals surface area contributed by atoms with Crippen LogP contribution in [-0.4, -0.2) is 4.98 Å². The Kier molecular flexibility index (Phi) is 2.54. The Hall–Kier alpha value is -2.03. The van der Waals surface area contributed by atoms with Gasteiger partial charge in [-0.05, 0) is 31.2 Å². The summed E-state index contributed by atoms with van der Waals surface area (Å²) in [5.41, 5.74) is 9.42. The molecule has 0 spiro atoms. The topological polar surface area (TPSA) is 50.9 Å². The molecule has 0 unspecified atom stereocenters. The summed E-state index contributed by atoms with van der Waals surface area (Å²) in [6.45, 7) is 1.96. The molecule has 0 aliphatic rings. The highest BCUT2D eigenvalue weighted by Gasteiger charge is 2.00. The Morgan fingerprint density at radius 3 is 2.53 bits per heavy atom. The predicted octanol–water partition coefficient (Wildman–Crippen LogP) is 2.72. The number of aryl methyl sites for hydroxylation is 1. The van der Waals surface area contributed by atoms with E-state index >= 15 is 0 Å². The molecule has 0 atom stereocenters. The number of aromatic nitrogens is 1. The van der Waals surface area contributed by atoms with Crippen LogP contribution in [0.15, 0.2) is 42.6 Å². The lowest BCUT2D eigenvalue weighted by Gasteiger charge is -2.10. The van der Waals surface area contributed by atoms with Gasteiger partial charge in [-0.2, -0.15) is 0 Å². The largest absolute Gasteiger partial charge is 0.397 e. The zero-order valence-electron chi connectivity index (χ0n) is 8.57. The van der Waals surface area contributed by atoms with Gasteiger partial charge in [0.15, 0.2) is 0 Å². The number of nitrogens with two attached hydrogens (primary N) is 1. The maximum Gasteiger partial charge on any atom is 0.0618 e. The van der Waals surface area contributed by atoms with Crippen LogP contribution >= 0.6 is 0 Å². The number of hydrogen-bond donors (Lipinski definition) is 2. The first-order chi connectivity index (χ1) is 7.27. The quantitative estimate of drug-likeness (QED) is 0.731. The number of hydrogen-bond acceptors (Lipinski definition) is 3. The number of rotatable bonds is 2. The molecule has 1 aromatic carbocycles. The van der Waals surface area contributed by atoms with Crippen LogP contribution in [0.1, 0.15) is 5.69 Å². The first-order valence-corrected chi connectivity index (χ1v) is 4.80. The summed E-state index contributed by atoms with van der Waals surface area (Å²) in [5, 5.41) is 3.25. The van der Waals surface area contributed by atoms with Gasteiger partial charge in [-0.25, -0.2) is 0 Å². The first-order valence-electron chi connectivity index (χ1n) is 4.80. The fourth-order valence-electron chi connectivity index (χ4n) is 1.37. The molecule has 0 bridgehead atoms. The second kappa shape index (κ2) is 4.00. The van der Waals surface area contributed by atoms with Crippen molar-refractivity contribution in [3.63, 3.8) is 0 Å². The van der Waals surface area contributed by atoms with Gasteiger partial charge in [-0.1, -0.05) is 12.1 Å². The van der Waals surface area contributed by atoms with Crippen molar-refractivity contribution in [1.29, 1.82) is 0 Å². The van der Waals surface area contributed by atoms with Crippen molar-refractivity contribution in [3.8, 4) is 0 Å². The van der Waals surface area contributed by atoms with Gasteiger partial charge in [-0.3, -0.25) is 4.98 Å². The van der Waals surface area contributed by atoms with Crippen LogP contribution in [0.3, 0.4) is 0 Å². The minimum atomic E-state index is 0.737. The van der Waals surface area contributed by atoms with E-state index in [0.717, 1.165) is 22.8 Å². The van der Waals surface area contributed by atoms with E-state index in [1.807, 2.05) is 43.3 Å². The number of nitrogens with zero attached hydrogens (tertiary/aromatic N) is 1. The van der Waals surface area contributed by atoms with Gasteiger partial charge in [0, 0.05) is 6.20 Å². The maximum atomic E-state index is 5.84. The summed E-state index contributed by atoms with van der Waals surface area (Å²) in [6.07, 6.45) is 1.77. The van der Waals surface area contributed by atoms with Crippen molar-refractivity contribution in [2.45, 2.75) is 6.92 Å². The molecule has 1 heterocycles. The Bertz CT molecular complexity index is 422. The van der Waals surface area contributed by atoms with Crippen LogP contribution in [0.4, 0.5) is 17.1 Å². The van der Waals surface area contributed by atoms with Crippen LogP contribution in [-0.2, 0) is 0 Å². The third-order valence-electron chi connectivity index (χ3n) is 2.24. The van der Waals surface area contributed by atoms with E-state index in [1.54, 1.807) is 6.20 Å². The van der Waals surface area contributed by atoms with Gasteiger partial charge in [0.2, 0.25) is 0 Å². The van der Waals surface area contributed by atoms with Crippen LogP contribution < -0.4 is 11.1 Å². The lowest BCUT2D eigenvalue weighted by Crippen LogP contribution is -1.98. The third kappa shape index (κ3) is 2.07. The molecule has 0 fully saturated rings. The van der Waals surface area contributed by atoms with Crippen molar-refractivity contribution in [1.82, 2.24) is 4.98 Å². The molecule has 0 saturated carbocycles. The normalized spacial score (nSPS) is 9.93. The number of benzene rings is 1. The summed E-state index contributed by atoms with van der Waals surface area (Å²) in [4.78, 5) is 4.20. The molecule has 76 valence electrons. The fourth-order valence-corrected chi connectivity index (χ4v) is 1.37. The number of pyridine rings is 1. The Balaban J connectivity index is 2.30. The molecule has 0 aliphatic carbocycles. The molecule has 0 radical (unpaired) electrons. The second-order valence-corrected chi connectivity index (χ2v) is 3.35. The molecule has 3 N–H and O–H groups in total. The van der Waals surface area contributed by atoms with Crippen molar-refractivity contribution < 1.29 is 0 Å². The third-order valence-corrected chi connectivity index (χ3v) is 2.24. The van der Waals surface area contributed by atoms with E-state index in [0.29, 0.717) is 0 Å². The molecule has 1 aromatic heterocycles. The molecule has 0 amide bonds. The molecule has 3 nitrogen and oxygen atoms in total. The van der Waals surface area contributed by atoms with E-state index in [1.165, 1.54) is 0 Å². The van der Waals surface area contributed by atoms with Crippen LogP contribution in [0, 0.1) is 6.92 Å². The van der Waals surface area contributed by atoms with Crippen molar-refractivity contribution >= 4 is 17.1 Å². The molecular weight excluding hydrogens is 186 g/mol. The average molecular weight is 199 g/mol. The Labute approximate surface area is 89.0 Å². The molecule has 2 rings (SSSR count). The van der Waals surface area contributed by atoms with Crippen molar-refractivity contribution in [2.24, 2.45) is 0 Å². The second-order valence-electron chi connectivity index (χ2n) is 3.35. The van der Waals surface area contributed by atoms with Crippen LogP contribution in [0.5, 0.6) is 0 Å². The van der Waals surface area contributed by atoms with E-state index in [4.69, 9.17) is 5.73 Å². The molecule has 3 heteroatoms. The summed E-state index contributed by atoms with van der Waals surface area (Å²) in [7, 11) is 0. The van der Waals surface area contributed by atoms with Crippen molar-refractivity contribution in [2.75, 3.05) is 11.1 Å². The summed E-state index contributed by atoms with van der Waals surface area (Å²) < 4.78 is 0. The number of anilines is 3. The summed E-state index contributed by atoms with van der Waals surface area (Å²) >= 11 is 0. The van der Waals surface area contributed by atoms with Crippen LogP contribution in [0.25, 0.3) is 0 Å². The monoisotopic (exact) mass is 199 g/mol. The highest BCUT2D eigenvalue weighted by molar-refractivity contribution is 5.72. The number of nitrogen functional groups attached to an aromatic ring is 1. The average Bonchev–Trinajstić information content (AvgIpc) is 2.24. The molecule has 0 aliphatic heterocycles. The standard InChI is InChI=1S/C12H13N3/c1-9-11(7-4-8-14-9)15-12-6-3-2-5-10(12)13/h2-8,15H,13H2,1H3. The summed E-state index contributed by atoms with van der Waals surface area (Å²) in [6, 6.07) is 11.6. The van der Waals surface area contributed by atoms with E-state index in [9.17, 15) is 0 Å². The molecule has 0 saturated heterocycles. The minimum Gasteiger partial charge on any atom is -0.397 e. The lowest BCUT2D eigenvalue weighted by atomic mass is 10.2. The molecular formula is C12H13N3. The highest BCUT2D eigenvalue weighted by Crippen LogP contribution is 2.23. The van der Waals surface area contributed by atoms with E-state index in [-0.39, 0.29) is 0 Å². The zero-order chi connectivity index (χ0) is 10.7. The van der Waals surface area contributed by atoms with Gasteiger partial charge in [0.05, 0.1) is 22.8 Å². The zero-order valence-corrected chi connectivity index (χ0v) is 8.57. The SMILES string of the molecule is Cc1ncccc1Nc1ccccc1N. The Morgan fingerprint density at radius 2 is 1.80 bits per heavy atom. The van der Waals surface area contributed by atoms with E-state index < -0.39 is 0 Å². The smallest absolute Gasteiger partial charge is 0.0618 e. The first kappa shape index (κ1) is 9.52. The minimum absolute atomic E-state index is 0.737. The van der Waals surface area contributed by atoms with Gasteiger partial charge < -0.3 is 11.1 Å². The predicted molar refractivity (Wildman–Crippen MR) is 63.1 cm³/mol. The summed E-state index contributed by atoms with van der Waals surface area (Å²) in [5.74, 6) is 0. The molecule has 15 heavy (non-hydrogen) atoms. The molecule has 2 aromatic rings.